The van der Waals surface area contributed by atoms with Gasteiger partial charge < -0.3 is 15.8 Å². The van der Waals surface area contributed by atoms with Gasteiger partial charge in [-0.25, -0.2) is 4.39 Å². The Hall–Kier alpha value is -3.72. The van der Waals surface area contributed by atoms with Gasteiger partial charge in [-0.1, -0.05) is 12.1 Å². The number of amides is 2. The van der Waals surface area contributed by atoms with E-state index in [0.717, 1.165) is 30.6 Å². The van der Waals surface area contributed by atoms with Crippen molar-refractivity contribution in [3.63, 3.8) is 0 Å². The second kappa shape index (κ2) is 10.5. The second-order valence-corrected chi connectivity index (χ2v) is 8.28. The molecular weight excluding hydrogens is 437 g/mol. The summed E-state index contributed by atoms with van der Waals surface area (Å²) in [7, 11) is 1.83. The van der Waals surface area contributed by atoms with Crippen molar-refractivity contribution in [3.05, 3.63) is 65.9 Å². The predicted molar refractivity (Wildman–Crippen MR) is 127 cm³/mol. The molecule has 3 aromatic rings. The first kappa shape index (κ1) is 23.4. The molecule has 0 bridgehead atoms. The Kier molecular flexibility index (Phi) is 7.22. The van der Waals surface area contributed by atoms with E-state index in [1.807, 2.05) is 24.1 Å². The molecule has 0 saturated carbocycles. The fourth-order valence-corrected chi connectivity index (χ4v) is 4.26. The summed E-state index contributed by atoms with van der Waals surface area (Å²) >= 11 is 0. The maximum Gasteiger partial charge on any atom is 0.255 e. The van der Waals surface area contributed by atoms with Crippen LogP contribution in [0.2, 0.25) is 0 Å². The number of aromatic nitrogens is 2. The fourth-order valence-electron chi connectivity index (χ4n) is 4.26. The zero-order valence-electron chi connectivity index (χ0n) is 19.0. The summed E-state index contributed by atoms with van der Waals surface area (Å²) < 4.78 is 20.8. The molecule has 3 N–H and O–H groups in total. The Balaban J connectivity index is 1.51. The molecule has 0 unspecified atom stereocenters. The van der Waals surface area contributed by atoms with Crippen LogP contribution >= 0.6 is 0 Å². The molecule has 1 aliphatic heterocycles. The van der Waals surface area contributed by atoms with E-state index in [0.29, 0.717) is 35.7 Å². The third-order valence-electron chi connectivity index (χ3n) is 6.01. The van der Waals surface area contributed by atoms with Crippen LogP contribution in [0.25, 0.3) is 11.3 Å². The van der Waals surface area contributed by atoms with Crippen molar-refractivity contribution in [2.75, 3.05) is 25.0 Å². The summed E-state index contributed by atoms with van der Waals surface area (Å²) in [6.07, 6.45) is 3.41. The van der Waals surface area contributed by atoms with Crippen molar-refractivity contribution in [2.24, 2.45) is 12.8 Å². The van der Waals surface area contributed by atoms with Crippen LogP contribution in [-0.4, -0.2) is 52.2 Å². The fraction of sp³-hybridized carbons (Fsp3) is 0.320. The Morgan fingerprint density at radius 2 is 2.09 bits per heavy atom. The summed E-state index contributed by atoms with van der Waals surface area (Å²) in [6.45, 7) is 1.16. The van der Waals surface area contributed by atoms with Crippen LogP contribution in [0.1, 0.15) is 28.8 Å². The van der Waals surface area contributed by atoms with Gasteiger partial charge in [0.15, 0.2) is 0 Å². The monoisotopic (exact) mass is 465 g/mol. The predicted octanol–water partition coefficient (Wildman–Crippen LogP) is 3.14. The van der Waals surface area contributed by atoms with Crippen molar-refractivity contribution in [3.8, 4) is 17.0 Å². The number of carbonyl (C=O) groups is 2. The molecule has 0 spiro atoms. The normalized spacial score (nSPS) is 15.9. The standard InChI is InChI=1S/C25H28FN5O3/c1-30-21(9-10-28-30)20-15-19(29-25(33)18-5-2-4-17(14-18)16-26)7-8-23(20)34-13-12-31-11-3-6-22(31)24(27)32/h2,4-5,7-10,14-15,22H,3,6,11-13,16H2,1H3,(H2,27,32)(H,29,33)/t22-/m1/s1. The molecule has 2 aromatic carbocycles. The van der Waals surface area contributed by atoms with Crippen LogP contribution in [0.3, 0.4) is 0 Å². The van der Waals surface area contributed by atoms with Gasteiger partial charge in [-0.05, 0) is 61.3 Å². The van der Waals surface area contributed by atoms with E-state index in [1.165, 1.54) is 6.07 Å². The quantitative estimate of drug-likeness (QED) is 0.506. The van der Waals surface area contributed by atoms with E-state index in [2.05, 4.69) is 10.4 Å². The lowest BCUT2D eigenvalue weighted by Crippen LogP contribution is -2.42. The number of hydrogen-bond acceptors (Lipinski definition) is 5. The number of halogens is 1. The van der Waals surface area contributed by atoms with Crippen molar-refractivity contribution in [2.45, 2.75) is 25.6 Å². The minimum atomic E-state index is -0.630. The highest BCUT2D eigenvalue weighted by Crippen LogP contribution is 2.33. The van der Waals surface area contributed by atoms with Crippen LogP contribution < -0.4 is 15.8 Å². The lowest BCUT2D eigenvalue weighted by molar-refractivity contribution is -0.122. The molecule has 34 heavy (non-hydrogen) atoms. The molecule has 1 aromatic heterocycles. The van der Waals surface area contributed by atoms with E-state index in [1.54, 1.807) is 41.2 Å². The molecule has 2 amide bonds. The Morgan fingerprint density at radius 3 is 2.82 bits per heavy atom. The SMILES string of the molecule is Cn1nccc1-c1cc(NC(=O)c2cccc(CF)c2)ccc1OCCN1CCC[C@@H]1C(N)=O. The molecule has 1 fully saturated rings. The number of benzene rings is 2. The molecule has 4 rings (SSSR count). The number of rotatable bonds is 9. The Morgan fingerprint density at radius 1 is 1.24 bits per heavy atom. The van der Waals surface area contributed by atoms with Crippen LogP contribution in [0, 0.1) is 0 Å². The van der Waals surface area contributed by atoms with Gasteiger partial charge in [-0.3, -0.25) is 19.2 Å². The Bertz CT molecular complexity index is 1180. The average Bonchev–Trinajstić information content (AvgIpc) is 3.49. The zero-order chi connectivity index (χ0) is 24.1. The van der Waals surface area contributed by atoms with Gasteiger partial charge in [0.1, 0.15) is 19.0 Å². The average molecular weight is 466 g/mol. The van der Waals surface area contributed by atoms with Gasteiger partial charge in [0.25, 0.3) is 5.91 Å². The molecule has 178 valence electrons. The maximum atomic E-state index is 13.0. The van der Waals surface area contributed by atoms with E-state index < -0.39 is 6.67 Å². The van der Waals surface area contributed by atoms with Crippen molar-refractivity contribution >= 4 is 17.5 Å². The number of carbonyl (C=O) groups excluding carboxylic acids is 2. The van der Waals surface area contributed by atoms with Crippen molar-refractivity contribution < 1.29 is 18.7 Å². The molecule has 1 atom stereocenters. The van der Waals surface area contributed by atoms with E-state index in [4.69, 9.17) is 10.5 Å². The van der Waals surface area contributed by atoms with Crippen molar-refractivity contribution in [1.82, 2.24) is 14.7 Å². The van der Waals surface area contributed by atoms with Gasteiger partial charge in [0.2, 0.25) is 5.91 Å². The number of hydrogen-bond donors (Lipinski definition) is 2. The zero-order valence-corrected chi connectivity index (χ0v) is 19.0. The Labute approximate surface area is 197 Å². The number of nitrogens with one attached hydrogen (secondary N) is 1. The molecule has 2 heterocycles. The summed E-state index contributed by atoms with van der Waals surface area (Å²) in [5.74, 6) is 0.00696. The third-order valence-corrected chi connectivity index (χ3v) is 6.01. The first-order chi connectivity index (χ1) is 16.5. The summed E-state index contributed by atoms with van der Waals surface area (Å²) in [4.78, 5) is 26.4. The minimum Gasteiger partial charge on any atom is -0.492 e. The number of nitrogens with zero attached hydrogens (tertiary/aromatic N) is 3. The number of anilines is 1. The number of primary amides is 1. The van der Waals surface area contributed by atoms with Crippen molar-refractivity contribution in [1.29, 1.82) is 0 Å². The van der Waals surface area contributed by atoms with Crippen LogP contribution in [0.5, 0.6) is 5.75 Å². The highest BCUT2D eigenvalue weighted by molar-refractivity contribution is 6.04. The van der Waals surface area contributed by atoms with E-state index >= 15 is 0 Å². The second-order valence-electron chi connectivity index (χ2n) is 8.28. The van der Waals surface area contributed by atoms with E-state index in [-0.39, 0.29) is 17.9 Å². The van der Waals surface area contributed by atoms with Crippen LogP contribution in [0.15, 0.2) is 54.7 Å². The highest BCUT2D eigenvalue weighted by atomic mass is 19.1. The molecule has 9 heteroatoms. The lowest BCUT2D eigenvalue weighted by atomic mass is 10.1. The number of ether oxygens (including phenoxy) is 1. The molecule has 0 aliphatic carbocycles. The molecule has 0 radical (unpaired) electrons. The summed E-state index contributed by atoms with van der Waals surface area (Å²) in [5, 5.41) is 7.11. The van der Waals surface area contributed by atoms with E-state index in [9.17, 15) is 14.0 Å². The number of nitrogens with two attached hydrogens (primary N) is 1. The maximum absolute atomic E-state index is 13.0. The number of likely N-dealkylation sites (tertiary alicyclic amines) is 1. The smallest absolute Gasteiger partial charge is 0.255 e. The molecule has 1 aliphatic rings. The molecule has 8 nitrogen and oxygen atoms in total. The summed E-state index contributed by atoms with van der Waals surface area (Å²) in [5.41, 5.74) is 8.50. The number of aryl methyl sites for hydroxylation is 1. The first-order valence-electron chi connectivity index (χ1n) is 11.2. The lowest BCUT2D eigenvalue weighted by Gasteiger charge is -2.22. The van der Waals surface area contributed by atoms with Gasteiger partial charge in [0.05, 0.1) is 11.7 Å². The van der Waals surface area contributed by atoms with Gasteiger partial charge >= 0.3 is 0 Å². The van der Waals surface area contributed by atoms with Crippen LogP contribution in [0.4, 0.5) is 10.1 Å². The largest absolute Gasteiger partial charge is 0.492 e. The van der Waals surface area contributed by atoms with Crippen LogP contribution in [-0.2, 0) is 18.5 Å². The molecule has 1 saturated heterocycles. The third kappa shape index (κ3) is 5.26. The van der Waals surface area contributed by atoms with Gasteiger partial charge in [-0.15, -0.1) is 0 Å². The minimum absolute atomic E-state index is 0.242. The molecular formula is C25H28FN5O3. The highest BCUT2D eigenvalue weighted by Gasteiger charge is 2.28. The number of alkyl halides is 1. The van der Waals surface area contributed by atoms with Gasteiger partial charge in [-0.2, -0.15) is 5.10 Å². The topological polar surface area (TPSA) is 102 Å². The summed E-state index contributed by atoms with van der Waals surface area (Å²) in [6, 6.07) is 13.5. The first-order valence-corrected chi connectivity index (χ1v) is 11.2. The van der Waals surface area contributed by atoms with Gasteiger partial charge in [0, 0.05) is 36.6 Å².